The van der Waals surface area contributed by atoms with Gasteiger partial charge in [0.2, 0.25) is 5.13 Å². The lowest BCUT2D eigenvalue weighted by atomic mass is 10.3. The van der Waals surface area contributed by atoms with Crippen LogP contribution < -0.4 is 4.90 Å². The zero-order valence-electron chi connectivity index (χ0n) is 9.82. The van der Waals surface area contributed by atoms with E-state index in [0.29, 0.717) is 0 Å². The van der Waals surface area contributed by atoms with Crippen molar-refractivity contribution in [2.45, 2.75) is 8.68 Å². The Bertz CT molecular complexity index is 641. The quantitative estimate of drug-likeness (QED) is 0.741. The summed E-state index contributed by atoms with van der Waals surface area (Å²) < 4.78 is 3.15. The molecule has 3 aromatic rings. The average Bonchev–Trinajstić information content (AvgIpc) is 2.94. The molecular formula is C11H10N4S3. The van der Waals surface area contributed by atoms with Crippen molar-refractivity contribution in [2.24, 2.45) is 0 Å². The molecule has 0 aliphatic rings. The molecule has 0 fully saturated rings. The fraction of sp³-hybridized carbons (Fsp3) is 0.182. The lowest BCUT2D eigenvalue weighted by molar-refractivity contribution is 0.972. The molecule has 4 nitrogen and oxygen atoms in total. The SMILES string of the molecule is CN(C)c1nnc(Sc2nc3ccccc3s2)s1. The fourth-order valence-electron chi connectivity index (χ4n) is 1.39. The predicted molar refractivity (Wildman–Crippen MR) is 78.0 cm³/mol. The number of nitrogens with zero attached hydrogens (tertiary/aromatic N) is 4. The minimum atomic E-state index is 0.915. The summed E-state index contributed by atoms with van der Waals surface area (Å²) >= 11 is 4.84. The number of anilines is 1. The third kappa shape index (κ3) is 2.33. The van der Waals surface area contributed by atoms with Crippen molar-refractivity contribution in [3.63, 3.8) is 0 Å². The zero-order valence-corrected chi connectivity index (χ0v) is 12.3. The molecule has 0 saturated heterocycles. The van der Waals surface area contributed by atoms with Crippen LogP contribution in [-0.2, 0) is 0 Å². The molecule has 0 aliphatic heterocycles. The minimum absolute atomic E-state index is 0.915. The number of thiazole rings is 1. The van der Waals surface area contributed by atoms with E-state index in [9.17, 15) is 0 Å². The molecule has 0 radical (unpaired) electrons. The molecular weight excluding hydrogens is 284 g/mol. The number of rotatable bonds is 3. The standard InChI is InChI=1S/C11H10N4S3/c1-15(2)9-13-14-11(17-9)18-10-12-7-5-3-4-6-8(7)16-10/h3-6H,1-2H3. The van der Waals surface area contributed by atoms with Crippen molar-refractivity contribution in [3.8, 4) is 0 Å². The van der Waals surface area contributed by atoms with Crippen molar-refractivity contribution < 1.29 is 0 Å². The third-order valence-electron chi connectivity index (χ3n) is 2.23. The smallest absolute Gasteiger partial charge is 0.208 e. The van der Waals surface area contributed by atoms with Gasteiger partial charge in [0, 0.05) is 14.1 Å². The number of fused-ring (bicyclic) bond motifs is 1. The first-order valence-corrected chi connectivity index (χ1v) is 7.71. The van der Waals surface area contributed by atoms with E-state index in [1.54, 1.807) is 34.4 Å². The summed E-state index contributed by atoms with van der Waals surface area (Å²) in [7, 11) is 3.93. The maximum absolute atomic E-state index is 4.57. The van der Waals surface area contributed by atoms with Gasteiger partial charge in [-0.1, -0.05) is 23.5 Å². The summed E-state index contributed by atoms with van der Waals surface area (Å²) in [6, 6.07) is 8.15. The molecule has 1 aromatic carbocycles. The molecule has 0 unspecified atom stereocenters. The topological polar surface area (TPSA) is 41.9 Å². The molecule has 0 bridgehead atoms. The van der Waals surface area contributed by atoms with Crippen LogP contribution in [0.15, 0.2) is 32.9 Å². The lowest BCUT2D eigenvalue weighted by Gasteiger charge is -2.03. The van der Waals surface area contributed by atoms with Gasteiger partial charge in [0.25, 0.3) is 0 Å². The first-order chi connectivity index (χ1) is 8.72. The average molecular weight is 294 g/mol. The van der Waals surface area contributed by atoms with E-state index in [4.69, 9.17) is 0 Å². The van der Waals surface area contributed by atoms with Crippen LogP contribution >= 0.6 is 34.4 Å². The van der Waals surface area contributed by atoms with Crippen LogP contribution in [0, 0.1) is 0 Å². The zero-order chi connectivity index (χ0) is 12.5. The highest BCUT2D eigenvalue weighted by Crippen LogP contribution is 2.36. The van der Waals surface area contributed by atoms with Crippen molar-refractivity contribution in [1.82, 2.24) is 15.2 Å². The number of aromatic nitrogens is 3. The normalized spacial score (nSPS) is 11.0. The van der Waals surface area contributed by atoms with E-state index in [-0.39, 0.29) is 0 Å². The van der Waals surface area contributed by atoms with Gasteiger partial charge in [0.15, 0.2) is 8.68 Å². The lowest BCUT2D eigenvalue weighted by Crippen LogP contribution is -2.07. The van der Waals surface area contributed by atoms with Crippen LogP contribution in [0.3, 0.4) is 0 Å². The summed E-state index contributed by atoms with van der Waals surface area (Å²) in [5.41, 5.74) is 1.04. The molecule has 2 heterocycles. The second-order valence-corrected chi connectivity index (χ2v) is 7.28. The maximum atomic E-state index is 4.57. The van der Waals surface area contributed by atoms with E-state index in [1.807, 2.05) is 37.2 Å². The summed E-state index contributed by atoms with van der Waals surface area (Å²) in [5, 5.41) is 9.19. The van der Waals surface area contributed by atoms with E-state index in [2.05, 4.69) is 21.2 Å². The van der Waals surface area contributed by atoms with Crippen LogP contribution in [0.5, 0.6) is 0 Å². The summed E-state index contributed by atoms with van der Waals surface area (Å²) in [4.78, 5) is 6.53. The predicted octanol–water partition coefficient (Wildman–Crippen LogP) is 3.37. The summed E-state index contributed by atoms with van der Waals surface area (Å²) in [6.07, 6.45) is 0. The van der Waals surface area contributed by atoms with Crippen LogP contribution in [-0.4, -0.2) is 29.3 Å². The molecule has 0 saturated carbocycles. The Morgan fingerprint density at radius 3 is 2.61 bits per heavy atom. The molecule has 7 heteroatoms. The summed E-state index contributed by atoms with van der Waals surface area (Å²) in [6.45, 7) is 0. The minimum Gasteiger partial charge on any atom is -0.353 e. The molecule has 3 rings (SSSR count). The number of hydrogen-bond acceptors (Lipinski definition) is 7. The van der Waals surface area contributed by atoms with Gasteiger partial charge in [0.05, 0.1) is 10.2 Å². The Kier molecular flexibility index (Phi) is 3.19. The first-order valence-electron chi connectivity index (χ1n) is 5.26. The van der Waals surface area contributed by atoms with E-state index in [0.717, 1.165) is 19.3 Å². The van der Waals surface area contributed by atoms with Gasteiger partial charge < -0.3 is 4.90 Å². The van der Waals surface area contributed by atoms with Gasteiger partial charge >= 0.3 is 0 Å². The van der Waals surface area contributed by atoms with Crippen molar-refractivity contribution in [1.29, 1.82) is 0 Å². The van der Waals surface area contributed by atoms with Gasteiger partial charge in [-0.15, -0.1) is 21.5 Å². The molecule has 0 amide bonds. The van der Waals surface area contributed by atoms with Crippen LogP contribution in [0.1, 0.15) is 0 Å². The van der Waals surface area contributed by atoms with Gasteiger partial charge in [-0.25, -0.2) is 4.98 Å². The van der Waals surface area contributed by atoms with Crippen molar-refractivity contribution in [2.75, 3.05) is 19.0 Å². The molecule has 2 aromatic heterocycles. The number of benzene rings is 1. The highest BCUT2D eigenvalue weighted by atomic mass is 32.2. The maximum Gasteiger partial charge on any atom is 0.208 e. The molecule has 0 spiro atoms. The van der Waals surface area contributed by atoms with E-state index < -0.39 is 0 Å². The second-order valence-electron chi connectivity index (χ2n) is 3.79. The highest BCUT2D eigenvalue weighted by Gasteiger charge is 2.10. The monoisotopic (exact) mass is 294 g/mol. The van der Waals surface area contributed by atoms with Gasteiger partial charge in [-0.05, 0) is 23.9 Å². The molecule has 0 aliphatic carbocycles. The number of para-hydroxylation sites is 1. The Labute approximate surface area is 117 Å². The molecule has 0 atom stereocenters. The Hall–Kier alpha value is -1.18. The molecule has 18 heavy (non-hydrogen) atoms. The van der Waals surface area contributed by atoms with Crippen molar-refractivity contribution in [3.05, 3.63) is 24.3 Å². The fourth-order valence-corrected chi connectivity index (χ4v) is 4.43. The Balaban J connectivity index is 1.86. The van der Waals surface area contributed by atoms with Crippen molar-refractivity contribution >= 4 is 49.8 Å². The highest BCUT2D eigenvalue weighted by molar-refractivity contribution is 8.02. The Morgan fingerprint density at radius 2 is 1.89 bits per heavy atom. The number of hydrogen-bond donors (Lipinski definition) is 0. The largest absolute Gasteiger partial charge is 0.353 e. The molecule has 0 N–H and O–H groups in total. The van der Waals surface area contributed by atoms with E-state index >= 15 is 0 Å². The molecule has 92 valence electrons. The van der Waals surface area contributed by atoms with Crippen LogP contribution in [0.4, 0.5) is 5.13 Å². The second kappa shape index (κ2) is 4.83. The van der Waals surface area contributed by atoms with Gasteiger partial charge in [-0.2, -0.15) is 0 Å². The first kappa shape index (κ1) is 11.9. The third-order valence-corrected chi connectivity index (χ3v) is 5.47. The van der Waals surface area contributed by atoms with Crippen LogP contribution in [0.25, 0.3) is 10.2 Å². The van der Waals surface area contributed by atoms with Gasteiger partial charge in [0.1, 0.15) is 0 Å². The summed E-state index contributed by atoms with van der Waals surface area (Å²) in [5.74, 6) is 0. The Morgan fingerprint density at radius 1 is 1.06 bits per heavy atom. The van der Waals surface area contributed by atoms with E-state index in [1.165, 1.54) is 4.70 Å². The van der Waals surface area contributed by atoms with Gasteiger partial charge in [-0.3, -0.25) is 0 Å². The van der Waals surface area contributed by atoms with Crippen LogP contribution in [0.2, 0.25) is 0 Å².